The van der Waals surface area contributed by atoms with Crippen LogP contribution in [0, 0.1) is 0 Å². The van der Waals surface area contributed by atoms with Gasteiger partial charge < -0.3 is 10.1 Å². The van der Waals surface area contributed by atoms with Crippen LogP contribution in [0.15, 0.2) is 23.3 Å². The minimum atomic E-state index is -0.190. The molecule has 0 aliphatic carbocycles. The zero-order valence-corrected chi connectivity index (χ0v) is 13.8. The van der Waals surface area contributed by atoms with Crippen molar-refractivity contribution < 1.29 is 9.53 Å². The fraction of sp³-hybridized carbons (Fsp3) is 0.706. The van der Waals surface area contributed by atoms with Crippen LogP contribution >= 0.6 is 0 Å². The van der Waals surface area contributed by atoms with E-state index < -0.39 is 0 Å². The van der Waals surface area contributed by atoms with Gasteiger partial charge >= 0.3 is 5.97 Å². The van der Waals surface area contributed by atoms with Gasteiger partial charge in [-0.05, 0) is 51.8 Å². The normalized spacial score (nSPS) is 17.3. The van der Waals surface area contributed by atoms with Crippen LogP contribution in [0.1, 0.15) is 40.0 Å². The lowest BCUT2D eigenvalue weighted by molar-refractivity contribution is -0.141. The van der Waals surface area contributed by atoms with Crippen molar-refractivity contribution in [3.63, 3.8) is 0 Å². The van der Waals surface area contributed by atoms with Crippen LogP contribution in [-0.2, 0) is 9.53 Å². The van der Waals surface area contributed by atoms with E-state index in [9.17, 15) is 4.79 Å². The highest BCUT2D eigenvalue weighted by molar-refractivity contribution is 5.71. The van der Waals surface area contributed by atoms with E-state index in [-0.39, 0.29) is 12.5 Å². The van der Waals surface area contributed by atoms with Gasteiger partial charge in [0, 0.05) is 13.1 Å². The molecule has 0 aromatic carbocycles. The Balaban J connectivity index is 2.41. The van der Waals surface area contributed by atoms with Gasteiger partial charge in [-0.1, -0.05) is 24.6 Å². The highest BCUT2D eigenvalue weighted by atomic mass is 16.5. The molecule has 0 aromatic heterocycles. The third-order valence-electron chi connectivity index (χ3n) is 3.74. The first-order valence-corrected chi connectivity index (χ1v) is 8.12. The van der Waals surface area contributed by atoms with Gasteiger partial charge in [0.1, 0.15) is 0 Å². The van der Waals surface area contributed by atoms with Crippen LogP contribution in [0.2, 0.25) is 0 Å². The second-order valence-corrected chi connectivity index (χ2v) is 5.41. The topological polar surface area (TPSA) is 41.6 Å². The molecule has 1 saturated heterocycles. The van der Waals surface area contributed by atoms with Crippen LogP contribution in [0.3, 0.4) is 0 Å². The maximum atomic E-state index is 11.3. The summed E-state index contributed by atoms with van der Waals surface area (Å²) in [5, 5.41) is 3.14. The zero-order chi connectivity index (χ0) is 15.5. The maximum Gasteiger partial charge on any atom is 0.319 e. The second kappa shape index (κ2) is 10.6. The number of likely N-dealkylation sites (tertiary alicyclic amines) is 1. The number of ether oxygens (including phenoxy) is 1. The molecule has 120 valence electrons. The standard InChI is InChI=1S/C17H30N2O2/c1-4-15(12-18-13-17(20)21-6-3)11-16(5-2)14-19-9-7-8-10-19/h4,11,18H,5-10,12-14H2,1-3H3. The van der Waals surface area contributed by atoms with Gasteiger partial charge in [0.25, 0.3) is 0 Å². The molecule has 1 heterocycles. The van der Waals surface area contributed by atoms with Crippen LogP contribution in [0.4, 0.5) is 0 Å². The molecule has 0 spiro atoms. The molecule has 1 fully saturated rings. The molecule has 1 N–H and O–H groups in total. The largest absolute Gasteiger partial charge is 0.465 e. The quantitative estimate of drug-likeness (QED) is 0.524. The van der Waals surface area contributed by atoms with Crippen molar-refractivity contribution in [1.82, 2.24) is 10.2 Å². The highest BCUT2D eigenvalue weighted by Gasteiger charge is 2.12. The minimum absolute atomic E-state index is 0.190. The summed E-state index contributed by atoms with van der Waals surface area (Å²) in [6, 6.07) is 0. The van der Waals surface area contributed by atoms with Gasteiger partial charge in [0.15, 0.2) is 0 Å². The van der Waals surface area contributed by atoms with Gasteiger partial charge in [-0.15, -0.1) is 0 Å². The molecule has 1 rings (SSSR count). The van der Waals surface area contributed by atoms with E-state index in [1.165, 1.54) is 37.1 Å². The molecule has 21 heavy (non-hydrogen) atoms. The molecule has 0 amide bonds. The Kier molecular flexibility index (Phi) is 9.02. The number of carbonyl (C=O) groups excluding carboxylic acids is 1. The third kappa shape index (κ3) is 7.44. The average molecular weight is 294 g/mol. The van der Waals surface area contributed by atoms with Gasteiger partial charge in [-0.25, -0.2) is 0 Å². The van der Waals surface area contributed by atoms with Crippen molar-refractivity contribution in [1.29, 1.82) is 0 Å². The number of esters is 1. The van der Waals surface area contributed by atoms with Crippen molar-refractivity contribution in [2.24, 2.45) is 0 Å². The third-order valence-corrected chi connectivity index (χ3v) is 3.74. The van der Waals surface area contributed by atoms with Crippen molar-refractivity contribution >= 4 is 5.97 Å². The Bertz CT molecular complexity index is 369. The van der Waals surface area contributed by atoms with Gasteiger partial charge in [-0.3, -0.25) is 9.69 Å². The van der Waals surface area contributed by atoms with Gasteiger partial charge in [-0.2, -0.15) is 0 Å². The van der Waals surface area contributed by atoms with Crippen molar-refractivity contribution in [2.75, 3.05) is 39.3 Å². The fourth-order valence-corrected chi connectivity index (χ4v) is 2.51. The molecule has 4 nitrogen and oxygen atoms in total. The smallest absolute Gasteiger partial charge is 0.319 e. The highest BCUT2D eigenvalue weighted by Crippen LogP contribution is 2.13. The van der Waals surface area contributed by atoms with E-state index in [1.807, 2.05) is 13.8 Å². The van der Waals surface area contributed by atoms with Crippen LogP contribution < -0.4 is 5.32 Å². The number of allylic oxidation sites excluding steroid dienone is 1. The number of hydrogen-bond acceptors (Lipinski definition) is 4. The lowest BCUT2D eigenvalue weighted by atomic mass is 10.1. The zero-order valence-electron chi connectivity index (χ0n) is 13.8. The molecule has 1 aliphatic heterocycles. The summed E-state index contributed by atoms with van der Waals surface area (Å²) in [5.74, 6) is -0.190. The molecule has 0 bridgehead atoms. The summed E-state index contributed by atoms with van der Waals surface area (Å²) >= 11 is 0. The van der Waals surface area contributed by atoms with Gasteiger partial charge in [0.2, 0.25) is 0 Å². The molecule has 0 radical (unpaired) electrons. The number of nitrogens with zero attached hydrogens (tertiary/aromatic N) is 1. The maximum absolute atomic E-state index is 11.3. The van der Waals surface area contributed by atoms with E-state index in [0.717, 1.165) is 13.0 Å². The lowest BCUT2D eigenvalue weighted by Crippen LogP contribution is -2.26. The molecule has 4 heteroatoms. The molecular weight excluding hydrogens is 264 g/mol. The van der Waals surface area contributed by atoms with E-state index in [2.05, 4.69) is 29.3 Å². The number of nitrogens with one attached hydrogen (secondary N) is 1. The van der Waals surface area contributed by atoms with Crippen molar-refractivity contribution in [3.8, 4) is 0 Å². The summed E-state index contributed by atoms with van der Waals surface area (Å²) < 4.78 is 4.91. The number of rotatable bonds is 9. The first kappa shape index (κ1) is 17.9. The SMILES string of the molecule is CC=C(C=C(CC)CN1CCCC1)CNCC(=O)OCC. The minimum Gasteiger partial charge on any atom is -0.465 e. The molecule has 0 unspecified atom stereocenters. The monoisotopic (exact) mass is 294 g/mol. The predicted octanol–water partition coefficient (Wildman–Crippen LogP) is 2.52. The molecular formula is C17H30N2O2. The van der Waals surface area contributed by atoms with Crippen LogP contribution in [0.25, 0.3) is 0 Å². The Morgan fingerprint density at radius 3 is 2.52 bits per heavy atom. The molecule has 0 aromatic rings. The molecule has 0 atom stereocenters. The number of hydrogen-bond donors (Lipinski definition) is 1. The van der Waals surface area contributed by atoms with Crippen LogP contribution in [-0.4, -0.2) is 50.2 Å². The lowest BCUT2D eigenvalue weighted by Gasteiger charge is -2.17. The summed E-state index contributed by atoms with van der Waals surface area (Å²) in [7, 11) is 0. The first-order chi connectivity index (χ1) is 10.2. The second-order valence-electron chi connectivity index (χ2n) is 5.41. The number of carbonyl (C=O) groups is 1. The Hall–Kier alpha value is -1.13. The van der Waals surface area contributed by atoms with Crippen molar-refractivity contribution in [3.05, 3.63) is 23.3 Å². The summed E-state index contributed by atoms with van der Waals surface area (Å²) in [6.07, 6.45) is 8.11. The summed E-state index contributed by atoms with van der Waals surface area (Å²) in [4.78, 5) is 13.8. The molecule has 1 aliphatic rings. The predicted molar refractivity (Wildman–Crippen MR) is 87.3 cm³/mol. The van der Waals surface area contributed by atoms with Gasteiger partial charge in [0.05, 0.1) is 13.2 Å². The first-order valence-electron chi connectivity index (χ1n) is 8.12. The average Bonchev–Trinajstić information content (AvgIpc) is 2.98. The van der Waals surface area contributed by atoms with E-state index >= 15 is 0 Å². The summed E-state index contributed by atoms with van der Waals surface area (Å²) in [6.45, 7) is 11.0. The van der Waals surface area contributed by atoms with E-state index in [0.29, 0.717) is 13.2 Å². The van der Waals surface area contributed by atoms with E-state index in [4.69, 9.17) is 4.74 Å². The van der Waals surface area contributed by atoms with E-state index in [1.54, 1.807) is 0 Å². The Morgan fingerprint density at radius 2 is 1.95 bits per heavy atom. The molecule has 0 saturated carbocycles. The summed E-state index contributed by atoms with van der Waals surface area (Å²) in [5.41, 5.74) is 2.69. The Morgan fingerprint density at radius 1 is 1.24 bits per heavy atom. The van der Waals surface area contributed by atoms with Crippen LogP contribution in [0.5, 0.6) is 0 Å². The Labute approximate surface area is 129 Å². The fourth-order valence-electron chi connectivity index (χ4n) is 2.51. The van der Waals surface area contributed by atoms with Crippen molar-refractivity contribution in [2.45, 2.75) is 40.0 Å².